The number of anilines is 2. The van der Waals surface area contributed by atoms with Gasteiger partial charge in [0, 0.05) is 40.5 Å². The van der Waals surface area contributed by atoms with Crippen molar-refractivity contribution in [3.05, 3.63) is 22.6 Å². The molecule has 114 valence electrons. The first kappa shape index (κ1) is 13.4. The Kier molecular flexibility index (Phi) is 2.96. The fourth-order valence-corrected chi connectivity index (χ4v) is 3.80. The smallest absolute Gasteiger partial charge is 0.306 e. The van der Waals surface area contributed by atoms with Crippen LogP contribution in [-0.2, 0) is 9.59 Å². The Morgan fingerprint density at radius 2 is 2.05 bits per heavy atom. The number of hydrogen-bond acceptors (Lipinski definition) is 3. The Hall–Kier alpha value is -2.30. The second-order valence-electron chi connectivity index (χ2n) is 6.20. The van der Waals surface area contributed by atoms with Crippen LogP contribution in [0.1, 0.15) is 25.7 Å². The molecule has 0 atom stereocenters. The first-order valence-corrected chi connectivity index (χ1v) is 7.80. The van der Waals surface area contributed by atoms with Crippen LogP contribution in [0.15, 0.2) is 12.1 Å². The number of rotatable bonds is 2. The average Bonchev–Trinajstić information content (AvgIpc) is 2.86. The first-order valence-electron chi connectivity index (χ1n) is 7.80. The number of carbonyl (C=O) groups is 2. The lowest BCUT2D eigenvalue weighted by atomic mass is 9.95. The predicted molar refractivity (Wildman–Crippen MR) is 84.0 cm³/mol. The van der Waals surface area contributed by atoms with Crippen LogP contribution < -0.4 is 20.7 Å². The molecule has 1 amide bonds. The molecule has 3 aliphatic rings. The molecule has 0 bridgehead atoms. The maximum atomic E-state index is 12.0. The molecule has 5 nitrogen and oxygen atoms in total. The van der Waals surface area contributed by atoms with Gasteiger partial charge in [0.15, 0.2) is 0 Å². The van der Waals surface area contributed by atoms with Crippen molar-refractivity contribution >= 4 is 34.9 Å². The van der Waals surface area contributed by atoms with Crippen molar-refractivity contribution in [1.29, 1.82) is 0 Å². The van der Waals surface area contributed by atoms with Crippen molar-refractivity contribution in [2.75, 3.05) is 23.3 Å². The highest BCUT2D eigenvalue weighted by Gasteiger charge is 2.28. The number of carbonyl (C=O) groups excluding carboxylic acids is 1. The third-order valence-corrected chi connectivity index (χ3v) is 4.97. The molecule has 0 aromatic heterocycles. The number of nitrogens with one attached hydrogen (secondary N) is 1. The van der Waals surface area contributed by atoms with Gasteiger partial charge in [-0.25, -0.2) is 0 Å². The number of carboxylic acid groups (broad SMARTS) is 1. The van der Waals surface area contributed by atoms with E-state index in [9.17, 15) is 9.59 Å². The summed E-state index contributed by atoms with van der Waals surface area (Å²) in [6.45, 7) is 1.51. The molecule has 2 N–H and O–H groups in total. The Bertz CT molecular complexity index is 789. The zero-order valence-electron chi connectivity index (χ0n) is 12.3. The maximum absolute atomic E-state index is 12.0. The van der Waals surface area contributed by atoms with E-state index in [-0.39, 0.29) is 11.8 Å². The summed E-state index contributed by atoms with van der Waals surface area (Å²) >= 11 is 0. The predicted octanol–water partition coefficient (Wildman–Crippen LogP) is 0.665. The molecule has 0 saturated carbocycles. The van der Waals surface area contributed by atoms with Gasteiger partial charge in [0.25, 0.3) is 5.91 Å². The van der Waals surface area contributed by atoms with Gasteiger partial charge in [-0.1, -0.05) is 6.08 Å². The lowest BCUT2D eigenvalue weighted by Crippen LogP contribution is -2.42. The Morgan fingerprint density at radius 1 is 1.27 bits per heavy atom. The standard InChI is InChI=1S/C17H18N2O3/c20-16-12-3-1-2-11-14(5-4-13(18-16)15(11)12)19-8-6-10(7-9-19)17(21)22/h2,4-5,10H,1,3,6-9H2,(H,18,20)(H,21,22). The quantitative estimate of drug-likeness (QED) is 0.842. The van der Waals surface area contributed by atoms with Gasteiger partial charge in [-0.3, -0.25) is 9.59 Å². The molecule has 2 aliphatic heterocycles. The molecule has 1 aromatic rings. The highest BCUT2D eigenvalue weighted by molar-refractivity contribution is 6.24. The number of amides is 1. The molecule has 0 spiro atoms. The summed E-state index contributed by atoms with van der Waals surface area (Å²) < 4.78 is 0. The van der Waals surface area contributed by atoms with Crippen LogP contribution in [0.5, 0.6) is 0 Å². The van der Waals surface area contributed by atoms with E-state index in [0.29, 0.717) is 12.8 Å². The van der Waals surface area contributed by atoms with Crippen molar-refractivity contribution in [3.8, 4) is 0 Å². The largest absolute Gasteiger partial charge is 0.481 e. The van der Waals surface area contributed by atoms with E-state index in [0.717, 1.165) is 53.3 Å². The monoisotopic (exact) mass is 298 g/mol. The molecule has 2 heterocycles. The molecule has 1 aromatic carbocycles. The third kappa shape index (κ3) is 1.92. The molecule has 4 rings (SSSR count). The number of hydrogen-bond donors (Lipinski definition) is 2. The van der Waals surface area contributed by atoms with Crippen LogP contribution in [0.4, 0.5) is 11.4 Å². The summed E-state index contributed by atoms with van der Waals surface area (Å²) in [4.78, 5) is 25.4. The van der Waals surface area contributed by atoms with E-state index < -0.39 is 5.97 Å². The normalized spacial score (nSPS) is 20.5. The molecule has 5 heteroatoms. The van der Waals surface area contributed by atoms with Gasteiger partial charge in [0.05, 0.1) is 5.92 Å². The highest BCUT2D eigenvalue weighted by atomic mass is 16.4. The molecule has 1 saturated heterocycles. The van der Waals surface area contributed by atoms with Crippen molar-refractivity contribution in [3.63, 3.8) is 0 Å². The number of nitrogens with zero attached hydrogens (tertiary/aromatic N) is 1. The summed E-state index contributed by atoms with van der Waals surface area (Å²) in [7, 11) is 0. The second-order valence-corrected chi connectivity index (χ2v) is 6.20. The van der Waals surface area contributed by atoms with Crippen LogP contribution in [0.25, 0.3) is 11.6 Å². The van der Waals surface area contributed by atoms with E-state index in [2.05, 4.69) is 22.4 Å². The van der Waals surface area contributed by atoms with Crippen LogP contribution in [-0.4, -0.2) is 30.1 Å². The molecule has 0 unspecified atom stereocenters. The second kappa shape index (κ2) is 4.87. The van der Waals surface area contributed by atoms with Crippen molar-refractivity contribution in [2.45, 2.75) is 25.7 Å². The van der Waals surface area contributed by atoms with Crippen molar-refractivity contribution in [1.82, 2.24) is 0 Å². The third-order valence-electron chi connectivity index (χ3n) is 4.97. The van der Waals surface area contributed by atoms with Gasteiger partial charge in [-0.15, -0.1) is 0 Å². The van der Waals surface area contributed by atoms with Crippen LogP contribution in [0, 0.1) is 5.92 Å². The fourth-order valence-electron chi connectivity index (χ4n) is 3.80. The minimum absolute atomic E-state index is 0.0334. The molecular weight excluding hydrogens is 280 g/mol. The fraction of sp³-hybridized carbons (Fsp3) is 0.412. The molecule has 1 aliphatic carbocycles. The lowest BCUT2D eigenvalue weighted by molar-refractivity contribution is -0.142. The Labute approximate surface area is 127 Å². The number of piperidine rings is 1. The minimum atomic E-state index is -0.688. The summed E-state index contributed by atoms with van der Waals surface area (Å²) in [5.74, 6) is -0.880. The highest BCUT2D eigenvalue weighted by Crippen LogP contribution is 2.24. The molecule has 22 heavy (non-hydrogen) atoms. The summed E-state index contributed by atoms with van der Waals surface area (Å²) in [5, 5.41) is 14.3. The molecule has 0 radical (unpaired) electrons. The maximum Gasteiger partial charge on any atom is 0.306 e. The lowest BCUT2D eigenvalue weighted by Gasteiger charge is -2.32. The van der Waals surface area contributed by atoms with E-state index in [1.54, 1.807) is 0 Å². The van der Waals surface area contributed by atoms with Gasteiger partial charge in [0.1, 0.15) is 0 Å². The van der Waals surface area contributed by atoms with E-state index in [4.69, 9.17) is 5.11 Å². The number of carboxylic acids is 1. The minimum Gasteiger partial charge on any atom is -0.481 e. The van der Waals surface area contributed by atoms with Gasteiger partial charge in [-0.2, -0.15) is 0 Å². The SMILES string of the molecule is O=C1Nc2ccc(N3CCC(C(=O)O)CC3)c3c2=C1CCC=3. The van der Waals surface area contributed by atoms with E-state index >= 15 is 0 Å². The number of benzene rings is 1. The first-order chi connectivity index (χ1) is 10.6. The zero-order chi connectivity index (χ0) is 15.3. The van der Waals surface area contributed by atoms with Gasteiger partial charge in [0.2, 0.25) is 0 Å². The molecule has 1 fully saturated rings. The summed E-state index contributed by atoms with van der Waals surface area (Å²) in [6, 6.07) is 4.03. The topological polar surface area (TPSA) is 69.6 Å². The van der Waals surface area contributed by atoms with Crippen LogP contribution >= 0.6 is 0 Å². The van der Waals surface area contributed by atoms with Crippen molar-refractivity contribution < 1.29 is 14.7 Å². The average molecular weight is 298 g/mol. The zero-order valence-corrected chi connectivity index (χ0v) is 12.3. The Balaban J connectivity index is 1.74. The van der Waals surface area contributed by atoms with Gasteiger partial charge >= 0.3 is 5.97 Å². The summed E-state index contributed by atoms with van der Waals surface area (Å²) in [5.41, 5.74) is 2.95. The van der Waals surface area contributed by atoms with E-state index in [1.165, 1.54) is 0 Å². The Morgan fingerprint density at radius 3 is 2.77 bits per heavy atom. The van der Waals surface area contributed by atoms with Crippen LogP contribution in [0.2, 0.25) is 0 Å². The summed E-state index contributed by atoms with van der Waals surface area (Å²) in [6.07, 6.45) is 5.26. The van der Waals surface area contributed by atoms with Crippen molar-refractivity contribution in [2.24, 2.45) is 5.92 Å². The van der Waals surface area contributed by atoms with Gasteiger partial charge in [-0.05, 0) is 37.8 Å². The van der Waals surface area contributed by atoms with E-state index in [1.807, 2.05) is 6.07 Å². The molecular formula is C17H18N2O3. The van der Waals surface area contributed by atoms with Crippen LogP contribution in [0.3, 0.4) is 0 Å². The van der Waals surface area contributed by atoms with Gasteiger partial charge < -0.3 is 15.3 Å². The number of aliphatic carboxylic acids is 1.